The van der Waals surface area contributed by atoms with Crippen LogP contribution in [0.3, 0.4) is 0 Å². The number of hydrogen-bond acceptors (Lipinski definition) is 6. The number of benzene rings is 1. The molecule has 31 heavy (non-hydrogen) atoms. The van der Waals surface area contributed by atoms with Gasteiger partial charge in [0.2, 0.25) is 21.8 Å². The van der Waals surface area contributed by atoms with Gasteiger partial charge in [0.25, 0.3) is 0 Å². The Morgan fingerprint density at radius 3 is 2.65 bits per heavy atom. The predicted octanol–water partition coefficient (Wildman–Crippen LogP) is 1.10. The summed E-state index contributed by atoms with van der Waals surface area (Å²) >= 11 is 0. The van der Waals surface area contributed by atoms with Crippen molar-refractivity contribution < 1.29 is 27.1 Å². The van der Waals surface area contributed by atoms with Gasteiger partial charge in [-0.3, -0.25) is 14.5 Å². The molecule has 11 heteroatoms. The number of ether oxygens (including phenoxy) is 1. The van der Waals surface area contributed by atoms with Gasteiger partial charge in [0.1, 0.15) is 5.82 Å². The average molecular weight is 457 g/mol. The smallest absolute Gasteiger partial charge is 0.228 e. The van der Waals surface area contributed by atoms with Crippen LogP contribution in [0.25, 0.3) is 0 Å². The van der Waals surface area contributed by atoms with Crippen LogP contribution in [0.5, 0.6) is 0 Å². The van der Waals surface area contributed by atoms with Crippen molar-refractivity contribution in [3.8, 4) is 0 Å². The molecular formula is C20H29FN4O5S. The van der Waals surface area contributed by atoms with E-state index >= 15 is 0 Å². The maximum Gasteiger partial charge on any atom is 0.228 e. The minimum Gasteiger partial charge on any atom is -0.379 e. The van der Waals surface area contributed by atoms with Crippen molar-refractivity contribution in [3.05, 3.63) is 24.0 Å². The van der Waals surface area contributed by atoms with E-state index < -0.39 is 21.8 Å². The first-order chi connectivity index (χ1) is 14.7. The molecule has 0 aromatic heterocycles. The van der Waals surface area contributed by atoms with E-state index in [9.17, 15) is 22.4 Å². The Balaban J connectivity index is 1.56. The van der Waals surface area contributed by atoms with Gasteiger partial charge in [-0.1, -0.05) is 0 Å². The van der Waals surface area contributed by atoms with E-state index in [1.54, 1.807) is 0 Å². The molecule has 3 rings (SSSR count). The minimum absolute atomic E-state index is 0.00816. The summed E-state index contributed by atoms with van der Waals surface area (Å²) in [5, 5.41) is 5.27. The normalized spacial score (nSPS) is 20.9. The minimum atomic E-state index is -3.36. The topological polar surface area (TPSA) is 108 Å². The van der Waals surface area contributed by atoms with Crippen LogP contribution in [0.2, 0.25) is 0 Å². The van der Waals surface area contributed by atoms with Crippen molar-refractivity contribution in [1.82, 2.24) is 9.21 Å². The summed E-state index contributed by atoms with van der Waals surface area (Å²) in [6.45, 7) is 3.90. The number of rotatable bonds is 7. The number of carbonyl (C=O) groups excluding carboxylic acids is 2. The molecule has 2 N–H and O–H groups in total. The lowest BCUT2D eigenvalue weighted by atomic mass is 9.98. The summed E-state index contributed by atoms with van der Waals surface area (Å²) in [5.74, 6) is -1.73. The highest BCUT2D eigenvalue weighted by atomic mass is 32.2. The van der Waals surface area contributed by atoms with Crippen LogP contribution in [-0.4, -0.2) is 81.6 Å². The molecule has 1 atom stereocenters. The van der Waals surface area contributed by atoms with Crippen molar-refractivity contribution in [3.63, 3.8) is 0 Å². The standard InChI is InChI=1S/C20H29FN4O5S/c1-31(28,29)25-7-2-3-15(14-25)20(27)22-16-4-5-17(21)18(13-16)23-19(26)6-8-24-9-11-30-12-10-24/h4-5,13,15H,2-3,6-12,14H2,1H3,(H,22,27)(H,23,26). The number of nitrogens with zero attached hydrogens (tertiary/aromatic N) is 2. The lowest BCUT2D eigenvalue weighted by Gasteiger charge is -2.30. The summed E-state index contributed by atoms with van der Waals surface area (Å²) in [6.07, 6.45) is 2.52. The van der Waals surface area contributed by atoms with Crippen LogP contribution >= 0.6 is 0 Å². The van der Waals surface area contributed by atoms with E-state index in [2.05, 4.69) is 15.5 Å². The van der Waals surface area contributed by atoms with Gasteiger partial charge in [-0.2, -0.15) is 0 Å². The van der Waals surface area contributed by atoms with Crippen molar-refractivity contribution >= 4 is 33.2 Å². The van der Waals surface area contributed by atoms with Gasteiger partial charge in [0.05, 0.1) is 31.1 Å². The summed E-state index contributed by atoms with van der Waals surface area (Å²) in [6, 6.07) is 3.96. The number of carbonyl (C=O) groups is 2. The third kappa shape index (κ3) is 6.96. The zero-order valence-electron chi connectivity index (χ0n) is 17.6. The Labute approximate surface area is 182 Å². The van der Waals surface area contributed by atoms with Crippen molar-refractivity contribution in [2.75, 3.05) is 62.8 Å². The number of morpholine rings is 1. The fourth-order valence-electron chi connectivity index (χ4n) is 3.70. The first-order valence-corrected chi connectivity index (χ1v) is 12.2. The molecule has 0 radical (unpaired) electrons. The van der Waals surface area contributed by atoms with Gasteiger partial charge in [-0.25, -0.2) is 17.1 Å². The highest BCUT2D eigenvalue weighted by Crippen LogP contribution is 2.23. The summed E-state index contributed by atoms with van der Waals surface area (Å²) in [4.78, 5) is 27.0. The van der Waals surface area contributed by atoms with E-state index in [1.165, 1.54) is 22.5 Å². The Hall–Kier alpha value is -2.08. The highest BCUT2D eigenvalue weighted by Gasteiger charge is 2.30. The van der Waals surface area contributed by atoms with E-state index in [0.717, 1.165) is 19.3 Å². The van der Waals surface area contributed by atoms with Crippen LogP contribution in [0.1, 0.15) is 19.3 Å². The highest BCUT2D eigenvalue weighted by molar-refractivity contribution is 7.88. The second-order valence-electron chi connectivity index (χ2n) is 7.90. The van der Waals surface area contributed by atoms with Gasteiger partial charge in [-0.05, 0) is 31.0 Å². The summed E-state index contributed by atoms with van der Waals surface area (Å²) < 4.78 is 44.2. The molecule has 1 aromatic rings. The SMILES string of the molecule is CS(=O)(=O)N1CCCC(C(=O)Nc2ccc(F)c(NC(=O)CCN3CCOCC3)c2)C1. The average Bonchev–Trinajstić information content (AvgIpc) is 2.75. The van der Waals surface area contributed by atoms with E-state index in [0.29, 0.717) is 44.8 Å². The van der Waals surface area contributed by atoms with Crippen LogP contribution in [0.4, 0.5) is 15.8 Å². The van der Waals surface area contributed by atoms with Crippen molar-refractivity contribution in [2.24, 2.45) is 5.92 Å². The molecule has 2 aliphatic heterocycles. The monoisotopic (exact) mass is 456 g/mol. The number of hydrogen-bond donors (Lipinski definition) is 2. The Morgan fingerprint density at radius 1 is 1.19 bits per heavy atom. The molecule has 0 spiro atoms. The number of nitrogens with one attached hydrogen (secondary N) is 2. The van der Waals surface area contributed by atoms with E-state index in [-0.39, 0.29) is 30.5 Å². The Morgan fingerprint density at radius 2 is 1.94 bits per heavy atom. The maximum absolute atomic E-state index is 14.2. The maximum atomic E-state index is 14.2. The molecule has 2 aliphatic rings. The summed E-state index contributed by atoms with van der Waals surface area (Å²) in [7, 11) is -3.36. The second kappa shape index (κ2) is 10.5. The first kappa shape index (κ1) is 23.6. The lowest BCUT2D eigenvalue weighted by molar-refractivity contribution is -0.121. The first-order valence-electron chi connectivity index (χ1n) is 10.4. The number of amides is 2. The van der Waals surface area contributed by atoms with Crippen LogP contribution in [-0.2, 0) is 24.3 Å². The molecule has 9 nitrogen and oxygen atoms in total. The molecule has 0 saturated carbocycles. The fraction of sp³-hybridized carbons (Fsp3) is 0.600. The van der Waals surface area contributed by atoms with Gasteiger partial charge >= 0.3 is 0 Å². The molecule has 2 heterocycles. The third-order valence-corrected chi connectivity index (χ3v) is 6.76. The molecule has 0 aliphatic carbocycles. The third-order valence-electron chi connectivity index (χ3n) is 5.49. The molecule has 2 amide bonds. The second-order valence-corrected chi connectivity index (χ2v) is 9.88. The predicted molar refractivity (Wildman–Crippen MR) is 115 cm³/mol. The molecule has 2 saturated heterocycles. The zero-order chi connectivity index (χ0) is 22.4. The largest absolute Gasteiger partial charge is 0.379 e. The summed E-state index contributed by atoms with van der Waals surface area (Å²) in [5.41, 5.74) is 0.331. The van der Waals surface area contributed by atoms with Crippen molar-refractivity contribution in [2.45, 2.75) is 19.3 Å². The number of piperidine rings is 1. The van der Waals surface area contributed by atoms with Crippen molar-refractivity contribution in [1.29, 1.82) is 0 Å². The van der Waals surface area contributed by atoms with E-state index in [4.69, 9.17) is 4.74 Å². The number of sulfonamides is 1. The van der Waals surface area contributed by atoms with Gasteiger partial charge in [0.15, 0.2) is 0 Å². The molecular weight excluding hydrogens is 427 g/mol. The number of halogens is 1. The van der Waals surface area contributed by atoms with Crippen LogP contribution in [0, 0.1) is 11.7 Å². The number of anilines is 2. The fourth-order valence-corrected chi connectivity index (χ4v) is 4.61. The molecule has 172 valence electrons. The molecule has 0 bridgehead atoms. The lowest BCUT2D eigenvalue weighted by Crippen LogP contribution is -2.43. The van der Waals surface area contributed by atoms with Gasteiger partial charge in [-0.15, -0.1) is 0 Å². The quantitative estimate of drug-likeness (QED) is 0.636. The van der Waals surface area contributed by atoms with Gasteiger partial charge in [0, 0.05) is 44.8 Å². The van der Waals surface area contributed by atoms with Crippen LogP contribution < -0.4 is 10.6 Å². The molecule has 2 fully saturated rings. The van der Waals surface area contributed by atoms with Gasteiger partial charge < -0.3 is 15.4 Å². The zero-order valence-corrected chi connectivity index (χ0v) is 18.4. The Bertz CT molecular complexity index is 905. The van der Waals surface area contributed by atoms with E-state index in [1.807, 2.05) is 0 Å². The molecule has 1 aromatic carbocycles. The Kier molecular flexibility index (Phi) is 7.98. The molecule has 1 unspecified atom stereocenters. The van der Waals surface area contributed by atoms with Crippen LogP contribution in [0.15, 0.2) is 18.2 Å².